The third kappa shape index (κ3) is 3.01. The van der Waals surface area contributed by atoms with E-state index in [1.165, 1.54) is 6.26 Å². The fourth-order valence-corrected chi connectivity index (χ4v) is 2.65. The van der Waals surface area contributed by atoms with Crippen LogP contribution in [0.2, 0.25) is 0 Å². The van der Waals surface area contributed by atoms with Gasteiger partial charge in [0, 0.05) is 5.56 Å². The lowest BCUT2D eigenvalue weighted by molar-refractivity contribution is 0.0885. The molecule has 0 fully saturated rings. The second-order valence-electron chi connectivity index (χ2n) is 6.20. The number of rotatable bonds is 5. The predicted molar refractivity (Wildman–Crippen MR) is 89.6 cm³/mol. The Morgan fingerprint density at radius 1 is 1.19 bits per heavy atom. The molecule has 1 aliphatic rings. The van der Waals surface area contributed by atoms with Crippen LogP contribution in [0.5, 0.6) is 11.5 Å². The summed E-state index contributed by atoms with van der Waals surface area (Å²) in [5.41, 5.74) is 0.740. The minimum absolute atomic E-state index is 0.0407. The van der Waals surface area contributed by atoms with Crippen molar-refractivity contribution in [1.29, 1.82) is 0 Å². The van der Waals surface area contributed by atoms with Crippen LogP contribution in [-0.4, -0.2) is 22.8 Å². The molecule has 0 bridgehead atoms. The van der Waals surface area contributed by atoms with Gasteiger partial charge in [-0.2, -0.15) is 4.98 Å². The SMILES string of the molecule is CC(C)C(NC(=O)c1ccco1)c1nc(-c2ccc3c(c2)OCO3)no1. The third-order valence-corrected chi connectivity index (χ3v) is 4.04. The minimum Gasteiger partial charge on any atom is -0.459 e. The molecule has 1 amide bonds. The zero-order valence-corrected chi connectivity index (χ0v) is 14.3. The van der Waals surface area contributed by atoms with Gasteiger partial charge in [-0.25, -0.2) is 0 Å². The summed E-state index contributed by atoms with van der Waals surface area (Å²) in [4.78, 5) is 16.7. The molecule has 0 saturated heterocycles. The van der Waals surface area contributed by atoms with Crippen molar-refractivity contribution in [3.63, 3.8) is 0 Å². The van der Waals surface area contributed by atoms with Crippen LogP contribution < -0.4 is 14.8 Å². The highest BCUT2D eigenvalue weighted by Crippen LogP contribution is 2.35. The van der Waals surface area contributed by atoms with E-state index >= 15 is 0 Å². The fraction of sp³-hybridized carbons (Fsp3) is 0.278. The van der Waals surface area contributed by atoms with E-state index in [0.717, 1.165) is 5.56 Å². The number of ether oxygens (including phenoxy) is 2. The fourth-order valence-electron chi connectivity index (χ4n) is 2.65. The average Bonchev–Trinajstić information content (AvgIpc) is 3.39. The van der Waals surface area contributed by atoms with Crippen LogP contribution in [0.4, 0.5) is 0 Å². The number of carbonyl (C=O) groups is 1. The van der Waals surface area contributed by atoms with Gasteiger partial charge in [0.05, 0.1) is 6.26 Å². The Hall–Kier alpha value is -3.29. The standard InChI is InChI=1S/C18H17N3O5/c1-10(2)15(19-17(22)13-4-3-7-23-13)18-20-16(21-26-18)11-5-6-12-14(8-11)25-9-24-12/h3-8,10,15H,9H2,1-2H3,(H,19,22). The van der Waals surface area contributed by atoms with Crippen molar-refractivity contribution >= 4 is 5.91 Å². The Morgan fingerprint density at radius 3 is 2.81 bits per heavy atom. The molecule has 0 aliphatic carbocycles. The van der Waals surface area contributed by atoms with E-state index in [1.54, 1.807) is 24.3 Å². The van der Waals surface area contributed by atoms with Crippen molar-refractivity contribution in [3.8, 4) is 22.9 Å². The summed E-state index contributed by atoms with van der Waals surface area (Å²) in [5.74, 6) is 1.99. The number of carbonyl (C=O) groups excluding carboxylic acids is 1. The van der Waals surface area contributed by atoms with Crippen LogP contribution in [0.3, 0.4) is 0 Å². The van der Waals surface area contributed by atoms with Gasteiger partial charge in [0.25, 0.3) is 5.91 Å². The Balaban J connectivity index is 1.57. The molecule has 0 spiro atoms. The van der Waals surface area contributed by atoms with Gasteiger partial charge in [0.1, 0.15) is 6.04 Å². The van der Waals surface area contributed by atoms with Crippen molar-refractivity contribution in [1.82, 2.24) is 15.5 Å². The van der Waals surface area contributed by atoms with E-state index in [2.05, 4.69) is 15.5 Å². The first kappa shape index (κ1) is 16.2. The van der Waals surface area contributed by atoms with Gasteiger partial charge in [-0.05, 0) is 36.2 Å². The van der Waals surface area contributed by atoms with Gasteiger partial charge < -0.3 is 23.7 Å². The Bertz CT molecular complexity index is 917. The summed E-state index contributed by atoms with van der Waals surface area (Å²) in [6.45, 7) is 4.11. The molecular weight excluding hydrogens is 338 g/mol. The monoisotopic (exact) mass is 355 g/mol. The topological polar surface area (TPSA) is 99.6 Å². The number of nitrogens with zero attached hydrogens (tertiary/aromatic N) is 2. The Kier molecular flexibility index (Phi) is 4.08. The summed E-state index contributed by atoms with van der Waals surface area (Å²) >= 11 is 0. The summed E-state index contributed by atoms with van der Waals surface area (Å²) in [6.07, 6.45) is 1.45. The number of fused-ring (bicyclic) bond motifs is 1. The number of benzene rings is 1. The molecule has 3 aromatic rings. The lowest BCUT2D eigenvalue weighted by Gasteiger charge is -2.17. The quantitative estimate of drug-likeness (QED) is 0.750. The van der Waals surface area contributed by atoms with Gasteiger partial charge >= 0.3 is 0 Å². The number of nitrogens with one attached hydrogen (secondary N) is 1. The van der Waals surface area contributed by atoms with E-state index in [-0.39, 0.29) is 24.4 Å². The van der Waals surface area contributed by atoms with Crippen molar-refractivity contribution in [2.45, 2.75) is 19.9 Å². The van der Waals surface area contributed by atoms with Crippen LogP contribution in [0.25, 0.3) is 11.4 Å². The highest BCUT2D eigenvalue weighted by molar-refractivity contribution is 5.91. The molecule has 0 radical (unpaired) electrons. The smallest absolute Gasteiger partial charge is 0.287 e. The van der Waals surface area contributed by atoms with Crippen LogP contribution in [0, 0.1) is 5.92 Å². The van der Waals surface area contributed by atoms with E-state index in [4.69, 9.17) is 18.4 Å². The van der Waals surface area contributed by atoms with E-state index in [1.807, 2.05) is 19.9 Å². The molecular formula is C18H17N3O5. The average molecular weight is 355 g/mol. The van der Waals surface area contributed by atoms with Crippen molar-refractivity contribution < 1.29 is 23.2 Å². The molecule has 0 saturated carbocycles. The molecule has 1 atom stereocenters. The molecule has 4 rings (SSSR count). The van der Waals surface area contributed by atoms with Gasteiger partial charge in [-0.15, -0.1) is 0 Å². The largest absolute Gasteiger partial charge is 0.459 e. The maximum atomic E-state index is 12.3. The molecule has 2 aromatic heterocycles. The molecule has 1 N–H and O–H groups in total. The molecule has 8 heteroatoms. The Labute approximate surface area is 149 Å². The van der Waals surface area contributed by atoms with Gasteiger partial charge in [-0.3, -0.25) is 4.79 Å². The maximum absolute atomic E-state index is 12.3. The van der Waals surface area contributed by atoms with Crippen molar-refractivity contribution in [2.24, 2.45) is 5.92 Å². The summed E-state index contributed by atoms with van der Waals surface area (Å²) in [6, 6.07) is 8.23. The highest BCUT2D eigenvalue weighted by Gasteiger charge is 2.26. The number of hydrogen-bond acceptors (Lipinski definition) is 7. The normalized spacial score (nSPS) is 13.8. The molecule has 1 aliphatic heterocycles. The zero-order valence-electron chi connectivity index (χ0n) is 14.3. The van der Waals surface area contributed by atoms with E-state index < -0.39 is 6.04 Å². The molecule has 8 nitrogen and oxygen atoms in total. The first-order chi connectivity index (χ1) is 12.6. The van der Waals surface area contributed by atoms with Crippen molar-refractivity contribution in [3.05, 3.63) is 48.2 Å². The zero-order chi connectivity index (χ0) is 18.1. The van der Waals surface area contributed by atoms with Gasteiger partial charge in [-0.1, -0.05) is 19.0 Å². The van der Waals surface area contributed by atoms with Crippen LogP contribution in [0.1, 0.15) is 36.3 Å². The summed E-state index contributed by atoms with van der Waals surface area (Å²) < 4.78 is 21.2. The number of amides is 1. The minimum atomic E-state index is -0.442. The molecule has 3 heterocycles. The summed E-state index contributed by atoms with van der Waals surface area (Å²) in [5, 5.41) is 6.90. The predicted octanol–water partition coefficient (Wildman–Crippen LogP) is 3.19. The number of hydrogen-bond donors (Lipinski definition) is 1. The molecule has 26 heavy (non-hydrogen) atoms. The Morgan fingerprint density at radius 2 is 2.04 bits per heavy atom. The van der Waals surface area contributed by atoms with Gasteiger partial charge in [0.2, 0.25) is 18.5 Å². The second kappa shape index (κ2) is 6.55. The first-order valence-corrected chi connectivity index (χ1v) is 8.20. The lowest BCUT2D eigenvalue weighted by atomic mass is 10.0. The second-order valence-corrected chi connectivity index (χ2v) is 6.20. The molecule has 1 unspecified atom stereocenters. The molecule has 1 aromatic carbocycles. The van der Waals surface area contributed by atoms with E-state index in [9.17, 15) is 4.79 Å². The maximum Gasteiger partial charge on any atom is 0.287 e. The summed E-state index contributed by atoms with van der Waals surface area (Å²) in [7, 11) is 0. The van der Waals surface area contributed by atoms with Crippen LogP contribution in [-0.2, 0) is 0 Å². The number of furan rings is 1. The lowest BCUT2D eigenvalue weighted by Crippen LogP contribution is -2.31. The van der Waals surface area contributed by atoms with Crippen molar-refractivity contribution in [2.75, 3.05) is 6.79 Å². The number of aromatic nitrogens is 2. The first-order valence-electron chi connectivity index (χ1n) is 8.20. The highest BCUT2D eigenvalue weighted by atomic mass is 16.7. The molecule has 134 valence electrons. The van der Waals surface area contributed by atoms with Gasteiger partial charge in [0.15, 0.2) is 17.3 Å². The van der Waals surface area contributed by atoms with Crippen LogP contribution in [0.15, 0.2) is 45.5 Å². The van der Waals surface area contributed by atoms with Crippen LogP contribution >= 0.6 is 0 Å². The van der Waals surface area contributed by atoms with E-state index in [0.29, 0.717) is 23.2 Å². The third-order valence-electron chi connectivity index (χ3n) is 4.04.